The molecule has 0 bridgehead atoms. The lowest BCUT2D eigenvalue weighted by molar-refractivity contribution is -0.136. The number of benzene rings is 1. The number of likely N-dealkylation sites (tertiary alicyclic amines) is 1. The average Bonchev–Trinajstić information content (AvgIpc) is 3.16. The smallest absolute Gasteiger partial charge is 0.255 e. The van der Waals surface area contributed by atoms with Crippen LogP contribution in [0.25, 0.3) is 0 Å². The second kappa shape index (κ2) is 9.91. The van der Waals surface area contributed by atoms with Crippen molar-refractivity contribution in [1.29, 1.82) is 0 Å². The van der Waals surface area contributed by atoms with E-state index >= 15 is 0 Å². The summed E-state index contributed by atoms with van der Waals surface area (Å²) in [6, 6.07) is 5.45. The fraction of sp³-hybridized carbons (Fsp3) is 0.640. The van der Waals surface area contributed by atoms with Crippen LogP contribution in [0.5, 0.6) is 0 Å². The molecule has 0 spiro atoms. The number of imide groups is 1. The van der Waals surface area contributed by atoms with Gasteiger partial charge in [0.1, 0.15) is 6.04 Å². The van der Waals surface area contributed by atoms with Crippen molar-refractivity contribution in [2.24, 2.45) is 5.92 Å². The van der Waals surface area contributed by atoms with Gasteiger partial charge < -0.3 is 15.0 Å². The minimum absolute atomic E-state index is 0.0877. The number of carbonyl (C=O) groups excluding carboxylic acids is 3. The van der Waals surface area contributed by atoms with Gasteiger partial charge in [0, 0.05) is 44.8 Å². The topological polar surface area (TPSA) is 91.0 Å². The van der Waals surface area contributed by atoms with Crippen LogP contribution in [0.3, 0.4) is 0 Å². The van der Waals surface area contributed by atoms with Crippen molar-refractivity contribution in [3.8, 4) is 0 Å². The van der Waals surface area contributed by atoms with E-state index in [0.29, 0.717) is 25.0 Å². The van der Waals surface area contributed by atoms with Crippen molar-refractivity contribution in [2.75, 3.05) is 32.8 Å². The monoisotopic (exact) mass is 454 g/mol. The Morgan fingerprint density at radius 2 is 1.79 bits per heavy atom. The van der Waals surface area contributed by atoms with Gasteiger partial charge in [0.25, 0.3) is 5.91 Å². The fourth-order valence-electron chi connectivity index (χ4n) is 5.62. The molecule has 178 valence electrons. The Labute approximate surface area is 195 Å². The van der Waals surface area contributed by atoms with Crippen molar-refractivity contribution >= 4 is 17.7 Å². The summed E-state index contributed by atoms with van der Waals surface area (Å²) in [4.78, 5) is 41.2. The van der Waals surface area contributed by atoms with E-state index in [2.05, 4.69) is 15.5 Å². The van der Waals surface area contributed by atoms with Crippen LogP contribution in [0.2, 0.25) is 0 Å². The van der Waals surface area contributed by atoms with Crippen molar-refractivity contribution in [2.45, 2.75) is 63.8 Å². The fourth-order valence-corrected chi connectivity index (χ4v) is 5.62. The molecular weight excluding hydrogens is 420 g/mol. The van der Waals surface area contributed by atoms with E-state index in [0.717, 1.165) is 68.9 Å². The van der Waals surface area contributed by atoms with Crippen molar-refractivity contribution in [1.82, 2.24) is 20.4 Å². The van der Waals surface area contributed by atoms with Crippen LogP contribution >= 0.6 is 0 Å². The summed E-state index contributed by atoms with van der Waals surface area (Å²) in [5.74, 6) is -0.0189. The SMILES string of the molecule is O=C1CCC(N2Cc3cccc(CN4CCC(OCC5CCNCC5)CC4)c3C2=O)C(=O)N1. The number of carbonyl (C=O) groups is 3. The first kappa shape index (κ1) is 22.5. The quantitative estimate of drug-likeness (QED) is 0.632. The van der Waals surface area contributed by atoms with Crippen molar-refractivity contribution in [3.05, 3.63) is 34.9 Å². The first-order valence-electron chi connectivity index (χ1n) is 12.4. The van der Waals surface area contributed by atoms with Gasteiger partial charge in [-0.2, -0.15) is 0 Å². The van der Waals surface area contributed by atoms with Crippen molar-refractivity contribution < 1.29 is 19.1 Å². The molecule has 2 N–H and O–H groups in total. The van der Waals surface area contributed by atoms with E-state index in [1.54, 1.807) is 4.90 Å². The molecular formula is C25H34N4O4. The van der Waals surface area contributed by atoms with Gasteiger partial charge in [-0.05, 0) is 62.2 Å². The lowest BCUT2D eigenvalue weighted by Crippen LogP contribution is -2.52. The number of rotatable bonds is 6. The number of amides is 3. The first-order chi connectivity index (χ1) is 16.1. The third-order valence-electron chi connectivity index (χ3n) is 7.59. The Kier molecular flexibility index (Phi) is 6.76. The number of nitrogens with one attached hydrogen (secondary N) is 2. The molecule has 0 radical (unpaired) electrons. The molecule has 4 heterocycles. The van der Waals surface area contributed by atoms with E-state index in [1.165, 1.54) is 12.8 Å². The summed E-state index contributed by atoms with van der Waals surface area (Å²) in [6.45, 7) is 6.18. The largest absolute Gasteiger partial charge is 0.378 e. The van der Waals surface area contributed by atoms with E-state index in [9.17, 15) is 14.4 Å². The van der Waals surface area contributed by atoms with Crippen LogP contribution in [0.15, 0.2) is 18.2 Å². The Morgan fingerprint density at radius 3 is 2.55 bits per heavy atom. The Hall–Kier alpha value is -2.29. The highest BCUT2D eigenvalue weighted by Crippen LogP contribution is 2.31. The predicted molar refractivity (Wildman–Crippen MR) is 122 cm³/mol. The molecule has 5 rings (SSSR count). The molecule has 8 heteroatoms. The molecule has 0 aromatic heterocycles. The molecule has 1 aromatic carbocycles. The van der Waals surface area contributed by atoms with Crippen LogP contribution in [0, 0.1) is 5.92 Å². The van der Waals surface area contributed by atoms with Gasteiger partial charge in [-0.15, -0.1) is 0 Å². The molecule has 1 atom stereocenters. The van der Waals surface area contributed by atoms with E-state index in [-0.39, 0.29) is 24.1 Å². The van der Waals surface area contributed by atoms with E-state index < -0.39 is 6.04 Å². The number of hydrogen-bond acceptors (Lipinski definition) is 6. The number of fused-ring (bicyclic) bond motifs is 1. The van der Waals surface area contributed by atoms with Gasteiger partial charge >= 0.3 is 0 Å². The first-order valence-corrected chi connectivity index (χ1v) is 12.4. The summed E-state index contributed by atoms with van der Waals surface area (Å²) in [5, 5.41) is 5.78. The molecule has 4 aliphatic rings. The average molecular weight is 455 g/mol. The maximum Gasteiger partial charge on any atom is 0.255 e. The molecule has 8 nitrogen and oxygen atoms in total. The second-order valence-corrected chi connectivity index (χ2v) is 9.85. The normalized spacial score (nSPS) is 25.4. The van der Waals surface area contributed by atoms with E-state index in [1.807, 2.05) is 18.2 Å². The van der Waals surface area contributed by atoms with Crippen LogP contribution in [0.1, 0.15) is 60.0 Å². The summed E-state index contributed by atoms with van der Waals surface area (Å²) >= 11 is 0. The Morgan fingerprint density at radius 1 is 1.00 bits per heavy atom. The number of nitrogens with zero attached hydrogens (tertiary/aromatic N) is 2. The molecule has 3 saturated heterocycles. The standard InChI is InChI=1S/C25H34N4O4/c30-22-5-4-21(24(31)27-22)29-15-19-3-1-2-18(23(19)25(29)32)14-28-12-8-20(9-13-28)33-16-17-6-10-26-11-7-17/h1-3,17,20-21,26H,4-16H2,(H,27,30,31). The molecule has 1 aromatic rings. The van der Waals surface area contributed by atoms with Gasteiger partial charge in [-0.25, -0.2) is 0 Å². The van der Waals surface area contributed by atoms with Gasteiger partial charge in [-0.1, -0.05) is 18.2 Å². The second-order valence-electron chi connectivity index (χ2n) is 9.85. The van der Waals surface area contributed by atoms with Gasteiger partial charge in [0.05, 0.1) is 6.10 Å². The zero-order valence-corrected chi connectivity index (χ0v) is 19.2. The molecule has 3 fully saturated rings. The lowest BCUT2D eigenvalue weighted by Gasteiger charge is -2.33. The number of ether oxygens (including phenoxy) is 1. The molecule has 3 amide bonds. The van der Waals surface area contributed by atoms with Crippen molar-refractivity contribution in [3.63, 3.8) is 0 Å². The third kappa shape index (κ3) is 4.98. The molecule has 1 unspecified atom stereocenters. The molecule has 0 saturated carbocycles. The van der Waals surface area contributed by atoms with Gasteiger partial charge in [-0.3, -0.25) is 24.6 Å². The summed E-state index contributed by atoms with van der Waals surface area (Å²) in [7, 11) is 0. The minimum Gasteiger partial charge on any atom is -0.378 e. The maximum absolute atomic E-state index is 13.3. The predicted octanol–water partition coefficient (Wildman–Crippen LogP) is 1.43. The van der Waals surface area contributed by atoms with E-state index in [4.69, 9.17) is 4.74 Å². The molecule has 0 aliphatic carbocycles. The van der Waals surface area contributed by atoms with Crippen LogP contribution in [-0.4, -0.2) is 72.5 Å². The minimum atomic E-state index is -0.566. The van der Waals surface area contributed by atoms with Crippen LogP contribution < -0.4 is 10.6 Å². The summed E-state index contributed by atoms with van der Waals surface area (Å²) in [6.07, 6.45) is 5.47. The Balaban J connectivity index is 1.16. The highest BCUT2D eigenvalue weighted by molar-refractivity contribution is 6.05. The third-order valence-corrected chi connectivity index (χ3v) is 7.59. The molecule has 4 aliphatic heterocycles. The summed E-state index contributed by atoms with van der Waals surface area (Å²) < 4.78 is 6.23. The Bertz CT molecular complexity index is 906. The van der Waals surface area contributed by atoms with Crippen LogP contribution in [-0.2, 0) is 27.4 Å². The van der Waals surface area contributed by atoms with Gasteiger partial charge in [0.2, 0.25) is 11.8 Å². The zero-order valence-electron chi connectivity index (χ0n) is 19.2. The highest BCUT2D eigenvalue weighted by Gasteiger charge is 2.40. The zero-order chi connectivity index (χ0) is 22.8. The number of hydrogen-bond donors (Lipinski definition) is 2. The van der Waals surface area contributed by atoms with Crippen LogP contribution in [0.4, 0.5) is 0 Å². The maximum atomic E-state index is 13.3. The van der Waals surface area contributed by atoms with Gasteiger partial charge in [0.15, 0.2) is 0 Å². The lowest BCUT2D eigenvalue weighted by atomic mass is 9.98. The summed E-state index contributed by atoms with van der Waals surface area (Å²) in [5.41, 5.74) is 2.75. The number of piperidine rings is 3. The highest BCUT2D eigenvalue weighted by atomic mass is 16.5. The molecule has 33 heavy (non-hydrogen) atoms.